The van der Waals surface area contributed by atoms with Crippen molar-refractivity contribution in [1.82, 2.24) is 9.21 Å². The van der Waals surface area contributed by atoms with Gasteiger partial charge < -0.3 is 19.3 Å². The molecule has 0 aromatic heterocycles. The Hall–Kier alpha value is -2.17. The Morgan fingerprint density at radius 1 is 1.11 bits per heavy atom. The molecule has 1 spiro atoms. The van der Waals surface area contributed by atoms with Gasteiger partial charge in [-0.2, -0.15) is 4.31 Å². The summed E-state index contributed by atoms with van der Waals surface area (Å²) in [5.74, 6) is 2.00. The second-order valence-corrected chi connectivity index (χ2v) is 13.9. The minimum absolute atomic E-state index is 0.000441. The summed E-state index contributed by atoms with van der Waals surface area (Å²) >= 11 is 0. The third-order valence-corrected chi connectivity index (χ3v) is 12.3. The summed E-state index contributed by atoms with van der Waals surface area (Å²) in [6.45, 7) is 2.34. The molecule has 2 bridgehead atoms. The number of methoxy groups -OCH3 is 1. The van der Waals surface area contributed by atoms with E-state index < -0.39 is 27.1 Å². The van der Waals surface area contributed by atoms with E-state index in [1.807, 2.05) is 18.2 Å². The van der Waals surface area contributed by atoms with E-state index in [-0.39, 0.29) is 18.9 Å². The largest absolute Gasteiger partial charge is 0.483 e. The van der Waals surface area contributed by atoms with E-state index in [0.29, 0.717) is 35.8 Å². The zero-order valence-electron chi connectivity index (χ0n) is 21.6. The Balaban J connectivity index is 1.27. The average Bonchev–Trinajstić information content (AvgIpc) is 3.59. The van der Waals surface area contributed by atoms with Gasteiger partial charge in [-0.15, -0.1) is 0 Å². The van der Waals surface area contributed by atoms with E-state index in [1.165, 1.54) is 18.4 Å². The first-order valence-electron chi connectivity index (χ1n) is 13.9. The number of benzene rings is 2. The van der Waals surface area contributed by atoms with Crippen molar-refractivity contribution in [3.05, 3.63) is 53.1 Å². The average molecular weight is 539 g/mol. The van der Waals surface area contributed by atoms with Gasteiger partial charge in [-0.05, 0) is 74.2 Å². The summed E-state index contributed by atoms with van der Waals surface area (Å²) < 4.78 is 47.3. The molecule has 202 valence electrons. The van der Waals surface area contributed by atoms with Crippen LogP contribution < -0.4 is 9.47 Å². The molecule has 3 fully saturated rings. The number of rotatable bonds is 6. The van der Waals surface area contributed by atoms with Crippen LogP contribution in [0.3, 0.4) is 0 Å². The molecule has 38 heavy (non-hydrogen) atoms. The van der Waals surface area contributed by atoms with E-state index in [4.69, 9.17) is 14.2 Å². The van der Waals surface area contributed by atoms with Gasteiger partial charge in [0.25, 0.3) is 0 Å². The quantitative estimate of drug-likeness (QED) is 0.566. The fraction of sp³-hybridized carbons (Fsp3) is 0.586. The minimum atomic E-state index is -3.66. The molecule has 1 saturated heterocycles. The molecule has 3 heterocycles. The number of nitrogens with zero attached hydrogens (tertiary/aromatic N) is 2. The van der Waals surface area contributed by atoms with Crippen molar-refractivity contribution in [2.75, 3.05) is 27.0 Å². The number of hydrogen-bond acceptors (Lipinski definition) is 7. The van der Waals surface area contributed by atoms with E-state index in [1.54, 1.807) is 23.5 Å². The van der Waals surface area contributed by atoms with Gasteiger partial charge in [0.05, 0.1) is 22.0 Å². The molecular weight excluding hydrogens is 504 g/mol. The number of piperidine rings is 1. The van der Waals surface area contributed by atoms with Gasteiger partial charge in [0.1, 0.15) is 6.10 Å². The predicted octanol–water partition coefficient (Wildman–Crippen LogP) is 2.81. The zero-order valence-corrected chi connectivity index (χ0v) is 22.5. The SMILES string of the molecule is COCOc1ccc2c3c1OC1C(N4Cc5ccccc5S4(=O)=O)CC[C@@]4(O)[C@@H](C2)N(CC2CC2)CC[C@]314. The topological polar surface area (TPSA) is 88.5 Å². The van der Waals surface area contributed by atoms with Crippen LogP contribution in [0.2, 0.25) is 0 Å². The second-order valence-electron chi connectivity index (χ2n) is 12.1. The summed E-state index contributed by atoms with van der Waals surface area (Å²) in [7, 11) is -2.08. The van der Waals surface area contributed by atoms with Crippen molar-refractivity contribution in [3.63, 3.8) is 0 Å². The lowest BCUT2D eigenvalue weighted by Crippen LogP contribution is -2.78. The third-order valence-electron chi connectivity index (χ3n) is 10.3. The standard InChI is InChI=1S/C29H34N2O6S/c1-35-17-36-22-9-8-19-14-24-29(32)11-10-21(31-16-20-4-2-3-5-23(20)38(31,33)34)27-28(29,25(19)26(22)37-27)12-13-30(24)15-18-6-7-18/h2-5,8-9,18,21,24,27,32H,6-7,10-17H2,1H3/t21?,24-,27?,28+,29-/m1/s1. The highest BCUT2D eigenvalue weighted by Crippen LogP contribution is 2.66. The highest BCUT2D eigenvalue weighted by molar-refractivity contribution is 7.89. The van der Waals surface area contributed by atoms with Gasteiger partial charge in [-0.25, -0.2) is 8.42 Å². The molecular formula is C29H34N2O6S. The van der Waals surface area contributed by atoms with Crippen molar-refractivity contribution in [2.45, 2.75) is 79.2 Å². The monoisotopic (exact) mass is 538 g/mol. The lowest BCUT2D eigenvalue weighted by Gasteiger charge is -2.64. The molecule has 0 amide bonds. The van der Waals surface area contributed by atoms with Crippen LogP contribution in [0.4, 0.5) is 0 Å². The van der Waals surface area contributed by atoms with E-state index in [0.717, 1.165) is 43.0 Å². The van der Waals surface area contributed by atoms with Crippen molar-refractivity contribution in [1.29, 1.82) is 0 Å². The summed E-state index contributed by atoms with van der Waals surface area (Å²) in [5, 5.41) is 12.8. The van der Waals surface area contributed by atoms with Gasteiger partial charge in [0.15, 0.2) is 18.3 Å². The lowest BCUT2D eigenvalue weighted by atomic mass is 9.48. The molecule has 8 rings (SSSR count). The number of aliphatic hydroxyl groups is 1. The molecule has 2 saturated carbocycles. The van der Waals surface area contributed by atoms with Crippen LogP contribution in [0.25, 0.3) is 0 Å². The Kier molecular flexibility index (Phi) is 4.95. The number of likely N-dealkylation sites (tertiary alicyclic amines) is 1. The molecule has 3 aliphatic carbocycles. The number of fused-ring (bicyclic) bond motifs is 1. The maximum Gasteiger partial charge on any atom is 0.244 e. The van der Waals surface area contributed by atoms with E-state index in [9.17, 15) is 13.5 Å². The summed E-state index contributed by atoms with van der Waals surface area (Å²) in [4.78, 5) is 2.92. The Morgan fingerprint density at radius 3 is 2.74 bits per heavy atom. The Labute approximate surface area is 223 Å². The molecule has 8 nitrogen and oxygen atoms in total. The van der Waals surface area contributed by atoms with Gasteiger partial charge in [0, 0.05) is 31.8 Å². The second kappa shape index (κ2) is 7.95. The molecule has 2 aromatic rings. The molecule has 0 radical (unpaired) electrons. The van der Waals surface area contributed by atoms with Crippen LogP contribution in [-0.4, -0.2) is 73.5 Å². The minimum Gasteiger partial charge on any atom is -0.483 e. The first-order valence-corrected chi connectivity index (χ1v) is 15.3. The molecule has 5 atom stereocenters. The third kappa shape index (κ3) is 2.92. The van der Waals surface area contributed by atoms with Crippen LogP contribution in [0, 0.1) is 5.92 Å². The first-order chi connectivity index (χ1) is 18.4. The van der Waals surface area contributed by atoms with Gasteiger partial charge in [-0.3, -0.25) is 4.90 Å². The molecule has 1 N–H and O–H groups in total. The Morgan fingerprint density at radius 2 is 1.95 bits per heavy atom. The predicted molar refractivity (Wildman–Crippen MR) is 139 cm³/mol. The van der Waals surface area contributed by atoms with E-state index >= 15 is 0 Å². The van der Waals surface area contributed by atoms with Crippen molar-refractivity contribution in [2.24, 2.45) is 5.92 Å². The van der Waals surface area contributed by atoms with Gasteiger partial charge >= 0.3 is 0 Å². The number of sulfonamides is 1. The molecule has 2 aromatic carbocycles. The lowest BCUT2D eigenvalue weighted by molar-refractivity contribution is -0.196. The van der Waals surface area contributed by atoms with Crippen LogP contribution in [-0.2, 0) is 33.1 Å². The van der Waals surface area contributed by atoms with Gasteiger partial charge in [-0.1, -0.05) is 24.3 Å². The van der Waals surface area contributed by atoms with Crippen molar-refractivity contribution in [3.8, 4) is 11.5 Å². The summed E-state index contributed by atoms with van der Waals surface area (Å²) in [6.07, 6.45) is 4.67. The van der Waals surface area contributed by atoms with E-state index in [2.05, 4.69) is 11.0 Å². The van der Waals surface area contributed by atoms with Gasteiger partial charge in [0.2, 0.25) is 10.0 Å². The molecule has 2 unspecified atom stereocenters. The van der Waals surface area contributed by atoms with Crippen LogP contribution in [0.15, 0.2) is 41.3 Å². The van der Waals surface area contributed by atoms with Crippen LogP contribution >= 0.6 is 0 Å². The van der Waals surface area contributed by atoms with Crippen molar-refractivity contribution >= 4 is 10.0 Å². The fourth-order valence-corrected chi connectivity index (χ4v) is 10.4. The fourth-order valence-electron chi connectivity index (χ4n) is 8.54. The Bertz CT molecular complexity index is 1430. The molecule has 3 aliphatic heterocycles. The molecule has 6 aliphatic rings. The van der Waals surface area contributed by atoms with Crippen molar-refractivity contribution < 1.29 is 27.7 Å². The number of hydrogen-bond donors (Lipinski definition) is 1. The summed E-state index contributed by atoms with van der Waals surface area (Å²) in [6, 6.07) is 11.0. The maximum absolute atomic E-state index is 13.8. The number of ether oxygens (including phenoxy) is 3. The summed E-state index contributed by atoms with van der Waals surface area (Å²) in [5.41, 5.74) is 1.39. The highest BCUT2D eigenvalue weighted by Gasteiger charge is 2.74. The first kappa shape index (κ1) is 23.7. The highest BCUT2D eigenvalue weighted by atomic mass is 32.2. The normalized spacial score (nSPS) is 36.4. The van der Waals surface area contributed by atoms with Crippen LogP contribution in [0.1, 0.15) is 48.8 Å². The van der Waals surface area contributed by atoms with Crippen LogP contribution in [0.5, 0.6) is 11.5 Å². The molecule has 9 heteroatoms. The zero-order chi connectivity index (χ0) is 25.9. The maximum atomic E-state index is 13.8. The smallest absolute Gasteiger partial charge is 0.244 e.